The largest absolute Gasteiger partial charge is 0.454 e. The van der Waals surface area contributed by atoms with Crippen LogP contribution in [0.2, 0.25) is 0 Å². The molecule has 0 unspecified atom stereocenters. The van der Waals surface area contributed by atoms with Crippen LogP contribution < -0.4 is 14.8 Å². The number of carbonyl (C=O) groups is 1. The molecule has 1 N–H and O–H groups in total. The van der Waals surface area contributed by atoms with Crippen molar-refractivity contribution in [1.82, 2.24) is 20.1 Å². The highest BCUT2D eigenvalue weighted by molar-refractivity contribution is 9.10. The lowest BCUT2D eigenvalue weighted by molar-refractivity contribution is -0.120. The molecule has 1 aliphatic heterocycles. The van der Waals surface area contributed by atoms with Crippen LogP contribution in [-0.2, 0) is 17.9 Å². The lowest BCUT2D eigenvalue weighted by Gasteiger charge is -2.08. The van der Waals surface area contributed by atoms with Crippen molar-refractivity contribution in [2.75, 3.05) is 12.5 Å². The van der Waals surface area contributed by atoms with E-state index in [-0.39, 0.29) is 12.7 Å². The standard InChI is InChI=1S/C22H21BrN4O3S/c1-2-10-27-21(16-4-6-17(23)7-5-16)25-26-22(27)31-11-9-20(28)24-13-15-3-8-18-19(12-15)30-14-29-18/h2-8,12H,1,9-11,13-14H2,(H,24,28). The van der Waals surface area contributed by atoms with Gasteiger partial charge < -0.3 is 14.8 Å². The van der Waals surface area contributed by atoms with E-state index in [0.29, 0.717) is 31.0 Å². The van der Waals surface area contributed by atoms with E-state index < -0.39 is 0 Å². The first-order valence-electron chi connectivity index (χ1n) is 9.72. The smallest absolute Gasteiger partial charge is 0.231 e. The van der Waals surface area contributed by atoms with Gasteiger partial charge in [-0.05, 0) is 29.8 Å². The van der Waals surface area contributed by atoms with Crippen molar-refractivity contribution in [2.24, 2.45) is 0 Å². The zero-order valence-corrected chi connectivity index (χ0v) is 19.1. The summed E-state index contributed by atoms with van der Waals surface area (Å²) in [5, 5.41) is 12.4. The van der Waals surface area contributed by atoms with E-state index in [9.17, 15) is 4.79 Å². The van der Waals surface area contributed by atoms with Crippen molar-refractivity contribution >= 4 is 33.6 Å². The van der Waals surface area contributed by atoms with Gasteiger partial charge in [-0.2, -0.15) is 0 Å². The molecule has 0 fully saturated rings. The minimum Gasteiger partial charge on any atom is -0.454 e. The van der Waals surface area contributed by atoms with Crippen LogP contribution in [0.3, 0.4) is 0 Å². The SMILES string of the molecule is C=CCn1c(SCCC(=O)NCc2ccc3c(c2)OCO3)nnc1-c1ccc(Br)cc1. The van der Waals surface area contributed by atoms with Gasteiger partial charge in [-0.15, -0.1) is 16.8 Å². The fourth-order valence-electron chi connectivity index (χ4n) is 3.08. The van der Waals surface area contributed by atoms with Crippen molar-refractivity contribution < 1.29 is 14.3 Å². The molecule has 7 nitrogen and oxygen atoms in total. The second-order valence-corrected chi connectivity index (χ2v) is 8.75. The molecule has 2 heterocycles. The van der Waals surface area contributed by atoms with Gasteiger partial charge in [0, 0.05) is 35.3 Å². The number of amides is 1. The van der Waals surface area contributed by atoms with E-state index in [1.54, 1.807) is 0 Å². The minimum atomic E-state index is -0.0203. The molecule has 31 heavy (non-hydrogen) atoms. The highest BCUT2D eigenvalue weighted by Gasteiger charge is 2.15. The lowest BCUT2D eigenvalue weighted by atomic mass is 10.2. The monoisotopic (exact) mass is 500 g/mol. The summed E-state index contributed by atoms with van der Waals surface area (Å²) in [5.41, 5.74) is 1.95. The summed E-state index contributed by atoms with van der Waals surface area (Å²) in [6, 6.07) is 13.6. The van der Waals surface area contributed by atoms with Crippen LogP contribution in [0.1, 0.15) is 12.0 Å². The highest BCUT2D eigenvalue weighted by Crippen LogP contribution is 2.32. The highest BCUT2D eigenvalue weighted by atomic mass is 79.9. The Morgan fingerprint density at radius 1 is 1.19 bits per heavy atom. The van der Waals surface area contributed by atoms with Gasteiger partial charge in [-0.25, -0.2) is 0 Å². The molecule has 2 aromatic carbocycles. The number of nitrogens with zero attached hydrogens (tertiary/aromatic N) is 3. The summed E-state index contributed by atoms with van der Waals surface area (Å²) in [4.78, 5) is 12.3. The zero-order chi connectivity index (χ0) is 21.6. The van der Waals surface area contributed by atoms with Crippen molar-refractivity contribution in [3.8, 4) is 22.9 Å². The number of fused-ring (bicyclic) bond motifs is 1. The molecule has 0 bridgehead atoms. The first kappa shape index (κ1) is 21.5. The Balaban J connectivity index is 1.31. The quantitative estimate of drug-likeness (QED) is 0.346. The second kappa shape index (κ2) is 10.0. The predicted octanol–water partition coefficient (Wildman–Crippen LogP) is 4.42. The molecule has 3 aromatic rings. The Morgan fingerprint density at radius 2 is 2.00 bits per heavy atom. The topological polar surface area (TPSA) is 78.3 Å². The summed E-state index contributed by atoms with van der Waals surface area (Å²) in [7, 11) is 0. The molecular formula is C22H21BrN4O3S. The third-order valence-electron chi connectivity index (χ3n) is 4.62. The third-order valence-corrected chi connectivity index (χ3v) is 6.12. The first-order valence-corrected chi connectivity index (χ1v) is 11.5. The summed E-state index contributed by atoms with van der Waals surface area (Å²) in [5.74, 6) is 2.81. The maximum absolute atomic E-state index is 12.3. The molecule has 0 radical (unpaired) electrons. The van der Waals surface area contributed by atoms with E-state index in [0.717, 1.165) is 32.3 Å². The van der Waals surface area contributed by atoms with E-state index in [4.69, 9.17) is 9.47 Å². The van der Waals surface area contributed by atoms with Crippen molar-refractivity contribution in [3.63, 3.8) is 0 Å². The number of aromatic nitrogens is 3. The molecule has 0 saturated carbocycles. The van der Waals surface area contributed by atoms with Gasteiger partial charge >= 0.3 is 0 Å². The average Bonchev–Trinajstić information content (AvgIpc) is 3.40. The van der Waals surface area contributed by atoms with E-state index >= 15 is 0 Å². The number of rotatable bonds is 9. The maximum atomic E-state index is 12.3. The van der Waals surface area contributed by atoms with Crippen LogP contribution in [0.25, 0.3) is 11.4 Å². The minimum absolute atomic E-state index is 0.0203. The van der Waals surface area contributed by atoms with Crippen LogP contribution in [0.5, 0.6) is 11.5 Å². The number of nitrogens with one attached hydrogen (secondary N) is 1. The van der Waals surface area contributed by atoms with Crippen LogP contribution in [0, 0.1) is 0 Å². The number of hydrogen-bond acceptors (Lipinski definition) is 6. The van der Waals surface area contributed by atoms with Gasteiger partial charge in [0.1, 0.15) is 0 Å². The molecule has 0 atom stereocenters. The molecule has 1 amide bonds. The fourth-order valence-corrected chi connectivity index (χ4v) is 4.23. The van der Waals surface area contributed by atoms with Crippen LogP contribution >= 0.6 is 27.7 Å². The maximum Gasteiger partial charge on any atom is 0.231 e. The van der Waals surface area contributed by atoms with Crippen LogP contribution in [-0.4, -0.2) is 33.2 Å². The Hall–Kier alpha value is -2.78. The van der Waals surface area contributed by atoms with E-state index in [2.05, 4.69) is 38.0 Å². The van der Waals surface area contributed by atoms with Crippen LogP contribution in [0.15, 0.2) is 64.7 Å². The summed E-state index contributed by atoms with van der Waals surface area (Å²) in [6.45, 7) is 5.11. The number of thioether (sulfide) groups is 1. The molecule has 1 aromatic heterocycles. The number of benzene rings is 2. The molecular weight excluding hydrogens is 480 g/mol. The van der Waals surface area contributed by atoms with Gasteiger partial charge in [-0.1, -0.05) is 52.0 Å². The summed E-state index contributed by atoms with van der Waals surface area (Å²) in [6.07, 6.45) is 2.19. The van der Waals surface area contributed by atoms with Crippen molar-refractivity contribution in [2.45, 2.75) is 24.7 Å². The molecule has 9 heteroatoms. The molecule has 0 spiro atoms. The predicted molar refractivity (Wildman–Crippen MR) is 123 cm³/mol. The summed E-state index contributed by atoms with van der Waals surface area (Å²) < 4.78 is 13.7. The van der Waals surface area contributed by atoms with Gasteiger partial charge in [0.2, 0.25) is 12.7 Å². The molecule has 4 rings (SSSR count). The van der Waals surface area contributed by atoms with Crippen molar-refractivity contribution in [3.05, 3.63) is 65.2 Å². The number of allylic oxidation sites excluding steroid dienone is 1. The lowest BCUT2D eigenvalue weighted by Crippen LogP contribution is -2.23. The number of carbonyl (C=O) groups excluding carboxylic acids is 1. The molecule has 0 aliphatic carbocycles. The molecule has 1 aliphatic rings. The molecule has 160 valence electrons. The van der Waals surface area contributed by atoms with Gasteiger partial charge in [-0.3, -0.25) is 9.36 Å². The fraction of sp³-hybridized carbons (Fsp3) is 0.227. The molecule has 0 saturated heterocycles. The van der Waals surface area contributed by atoms with Gasteiger partial charge in [0.25, 0.3) is 0 Å². The Bertz CT molecular complexity index is 1080. The van der Waals surface area contributed by atoms with Crippen molar-refractivity contribution in [1.29, 1.82) is 0 Å². The Kier molecular flexibility index (Phi) is 6.93. The van der Waals surface area contributed by atoms with Gasteiger partial charge in [0.15, 0.2) is 22.5 Å². The van der Waals surface area contributed by atoms with E-state index in [1.165, 1.54) is 11.8 Å². The second-order valence-electron chi connectivity index (χ2n) is 6.78. The first-order chi connectivity index (χ1) is 15.1. The Morgan fingerprint density at radius 3 is 2.81 bits per heavy atom. The van der Waals surface area contributed by atoms with E-state index in [1.807, 2.05) is 53.1 Å². The van der Waals surface area contributed by atoms with Crippen LogP contribution in [0.4, 0.5) is 0 Å². The average molecular weight is 501 g/mol. The Labute approximate surface area is 193 Å². The zero-order valence-electron chi connectivity index (χ0n) is 16.7. The van der Waals surface area contributed by atoms with Gasteiger partial charge in [0.05, 0.1) is 0 Å². The third kappa shape index (κ3) is 5.29. The summed E-state index contributed by atoms with van der Waals surface area (Å²) >= 11 is 4.95. The number of halogens is 1. The number of hydrogen-bond donors (Lipinski definition) is 1. The number of ether oxygens (including phenoxy) is 2. The normalized spacial score (nSPS) is 12.0.